The van der Waals surface area contributed by atoms with Gasteiger partial charge in [0.2, 0.25) is 5.60 Å². The van der Waals surface area contributed by atoms with Gasteiger partial charge in [-0.2, -0.15) is 0 Å². The number of nitrogens with one attached hydrogen (secondary N) is 1. The van der Waals surface area contributed by atoms with Gasteiger partial charge in [0.05, 0.1) is 18.9 Å². The first-order valence-electron chi connectivity index (χ1n) is 9.48. The number of ether oxygens (including phenoxy) is 1. The molecule has 1 amide bonds. The van der Waals surface area contributed by atoms with Gasteiger partial charge in [-0.1, -0.05) is 35.5 Å². The van der Waals surface area contributed by atoms with Gasteiger partial charge in [-0.3, -0.25) is 9.69 Å². The molecule has 6 heteroatoms. The van der Waals surface area contributed by atoms with Gasteiger partial charge in [0.15, 0.2) is 0 Å². The number of amides is 1. The van der Waals surface area contributed by atoms with E-state index in [0.29, 0.717) is 13.0 Å². The van der Waals surface area contributed by atoms with Gasteiger partial charge in [-0.05, 0) is 25.3 Å². The van der Waals surface area contributed by atoms with Gasteiger partial charge < -0.3 is 14.9 Å². The van der Waals surface area contributed by atoms with E-state index >= 15 is 0 Å². The van der Waals surface area contributed by atoms with Gasteiger partial charge in [-0.15, -0.1) is 0 Å². The van der Waals surface area contributed by atoms with Crippen molar-refractivity contribution in [1.82, 2.24) is 10.2 Å². The Balaban J connectivity index is 1.30. The molecule has 4 rings (SSSR count). The van der Waals surface area contributed by atoms with Crippen LogP contribution in [0.3, 0.4) is 0 Å². The van der Waals surface area contributed by atoms with E-state index < -0.39 is 5.60 Å². The first-order chi connectivity index (χ1) is 12.6. The Bertz CT molecular complexity index is 681. The maximum absolute atomic E-state index is 12.8. The van der Waals surface area contributed by atoms with E-state index in [-0.39, 0.29) is 11.3 Å². The lowest BCUT2D eigenvalue weighted by Gasteiger charge is -2.31. The molecule has 1 unspecified atom stereocenters. The van der Waals surface area contributed by atoms with Crippen LogP contribution in [0, 0.1) is 5.41 Å². The summed E-state index contributed by atoms with van der Waals surface area (Å²) in [6, 6.07) is 9.89. The highest BCUT2D eigenvalue weighted by Crippen LogP contribution is 2.46. The number of nitrogens with zero attached hydrogens (tertiary/aromatic N) is 2. The van der Waals surface area contributed by atoms with E-state index in [0.717, 1.165) is 44.1 Å². The predicted octanol–water partition coefficient (Wildman–Crippen LogP) is 1.80. The van der Waals surface area contributed by atoms with Gasteiger partial charge in [0.25, 0.3) is 5.91 Å². The van der Waals surface area contributed by atoms with Crippen LogP contribution >= 0.6 is 0 Å². The molecule has 1 atom stereocenters. The zero-order chi connectivity index (χ0) is 18.0. The molecule has 1 saturated carbocycles. The van der Waals surface area contributed by atoms with Crippen LogP contribution in [-0.4, -0.2) is 61.5 Å². The van der Waals surface area contributed by atoms with Crippen molar-refractivity contribution in [3.8, 4) is 0 Å². The molecule has 1 aromatic rings. The monoisotopic (exact) mass is 357 g/mol. The first kappa shape index (κ1) is 17.5. The van der Waals surface area contributed by atoms with E-state index in [2.05, 4.69) is 15.4 Å². The Morgan fingerprint density at radius 3 is 2.65 bits per heavy atom. The van der Waals surface area contributed by atoms with Crippen LogP contribution in [0.2, 0.25) is 0 Å². The van der Waals surface area contributed by atoms with Crippen LogP contribution in [0.5, 0.6) is 0 Å². The van der Waals surface area contributed by atoms with Crippen molar-refractivity contribution >= 4 is 11.6 Å². The van der Waals surface area contributed by atoms with Crippen LogP contribution in [-0.2, 0) is 14.4 Å². The van der Waals surface area contributed by atoms with Crippen molar-refractivity contribution in [3.63, 3.8) is 0 Å². The van der Waals surface area contributed by atoms with Crippen molar-refractivity contribution in [2.24, 2.45) is 10.6 Å². The molecule has 6 nitrogen and oxygen atoms in total. The predicted molar refractivity (Wildman–Crippen MR) is 99.0 cm³/mol. The SMILES string of the molecule is CC1(C(=O)NCC2(CN3CCOCC3)CC2)CC(c2ccccc2)=NO1. The summed E-state index contributed by atoms with van der Waals surface area (Å²) in [4.78, 5) is 20.8. The molecule has 0 bridgehead atoms. The second-order valence-corrected chi connectivity index (χ2v) is 7.97. The number of carbonyl (C=O) groups excluding carboxylic acids is 1. The number of morpholine rings is 1. The second-order valence-electron chi connectivity index (χ2n) is 7.97. The standard InChI is InChI=1S/C20H27N3O3/c1-19(13-17(22-26-19)16-5-3-2-4-6-16)18(24)21-14-20(7-8-20)15-23-9-11-25-12-10-23/h2-6H,7-15H2,1H3,(H,21,24). The van der Waals surface area contributed by atoms with Crippen molar-refractivity contribution in [3.05, 3.63) is 35.9 Å². The van der Waals surface area contributed by atoms with E-state index in [1.807, 2.05) is 37.3 Å². The van der Waals surface area contributed by atoms with Crippen LogP contribution < -0.4 is 5.32 Å². The summed E-state index contributed by atoms with van der Waals surface area (Å²) in [6.07, 6.45) is 2.85. The lowest BCUT2D eigenvalue weighted by molar-refractivity contribution is -0.142. The van der Waals surface area contributed by atoms with Gasteiger partial charge >= 0.3 is 0 Å². The second kappa shape index (κ2) is 7.00. The molecule has 2 heterocycles. The van der Waals surface area contributed by atoms with Crippen molar-refractivity contribution < 1.29 is 14.4 Å². The molecule has 26 heavy (non-hydrogen) atoms. The molecule has 2 aliphatic heterocycles. The molecule has 1 saturated heterocycles. The summed E-state index contributed by atoms with van der Waals surface area (Å²) in [5, 5.41) is 7.30. The molecular formula is C20H27N3O3. The number of carbonyl (C=O) groups is 1. The molecular weight excluding hydrogens is 330 g/mol. The highest BCUT2D eigenvalue weighted by molar-refractivity contribution is 6.05. The number of rotatable bonds is 6. The molecule has 2 fully saturated rings. The Morgan fingerprint density at radius 2 is 1.96 bits per heavy atom. The Kier molecular flexibility index (Phi) is 4.71. The van der Waals surface area contributed by atoms with E-state index in [1.54, 1.807) is 0 Å². The number of benzene rings is 1. The summed E-state index contributed by atoms with van der Waals surface area (Å²) in [7, 11) is 0. The van der Waals surface area contributed by atoms with Gasteiger partial charge in [0, 0.05) is 38.0 Å². The summed E-state index contributed by atoms with van der Waals surface area (Å²) in [6.45, 7) is 7.18. The molecule has 140 valence electrons. The third kappa shape index (κ3) is 3.76. The molecule has 0 aromatic heterocycles. The van der Waals surface area contributed by atoms with Crippen molar-refractivity contribution in [2.45, 2.75) is 31.8 Å². The third-order valence-corrected chi connectivity index (χ3v) is 5.69. The fraction of sp³-hybridized carbons (Fsp3) is 0.600. The maximum atomic E-state index is 12.8. The number of oxime groups is 1. The average Bonchev–Trinajstić information content (AvgIpc) is 3.32. The normalized spacial score (nSPS) is 27.5. The average molecular weight is 357 g/mol. The highest BCUT2D eigenvalue weighted by Gasteiger charge is 2.47. The zero-order valence-electron chi connectivity index (χ0n) is 15.4. The molecule has 1 N–H and O–H groups in total. The largest absolute Gasteiger partial charge is 0.379 e. The minimum Gasteiger partial charge on any atom is -0.379 e. The van der Waals surface area contributed by atoms with E-state index in [1.165, 1.54) is 12.8 Å². The molecule has 0 spiro atoms. The topological polar surface area (TPSA) is 63.2 Å². The van der Waals surface area contributed by atoms with Gasteiger partial charge in [0.1, 0.15) is 0 Å². The summed E-state index contributed by atoms with van der Waals surface area (Å²) < 4.78 is 5.42. The summed E-state index contributed by atoms with van der Waals surface area (Å²) in [5.41, 5.74) is 1.15. The fourth-order valence-electron chi connectivity index (χ4n) is 3.70. The fourth-order valence-corrected chi connectivity index (χ4v) is 3.70. The van der Waals surface area contributed by atoms with E-state index in [4.69, 9.17) is 9.57 Å². The smallest absolute Gasteiger partial charge is 0.267 e. The first-order valence-corrected chi connectivity index (χ1v) is 9.48. The summed E-state index contributed by atoms with van der Waals surface area (Å²) >= 11 is 0. The van der Waals surface area contributed by atoms with Crippen LogP contribution in [0.4, 0.5) is 0 Å². The Morgan fingerprint density at radius 1 is 1.23 bits per heavy atom. The minimum absolute atomic E-state index is 0.0690. The Labute approximate surface area is 154 Å². The lowest BCUT2D eigenvalue weighted by atomic mass is 9.94. The molecule has 3 aliphatic rings. The van der Waals surface area contributed by atoms with Crippen LogP contribution in [0.25, 0.3) is 0 Å². The molecule has 1 aromatic carbocycles. The molecule has 0 radical (unpaired) electrons. The van der Waals surface area contributed by atoms with E-state index in [9.17, 15) is 4.79 Å². The van der Waals surface area contributed by atoms with Gasteiger partial charge in [-0.25, -0.2) is 0 Å². The quantitative estimate of drug-likeness (QED) is 0.843. The van der Waals surface area contributed by atoms with Crippen LogP contribution in [0.1, 0.15) is 31.7 Å². The Hall–Kier alpha value is -1.92. The molecule has 1 aliphatic carbocycles. The number of hydrogen-bond acceptors (Lipinski definition) is 5. The number of hydrogen-bond donors (Lipinski definition) is 1. The maximum Gasteiger partial charge on any atom is 0.267 e. The summed E-state index contributed by atoms with van der Waals surface area (Å²) in [5.74, 6) is -0.0690. The third-order valence-electron chi connectivity index (χ3n) is 5.69. The van der Waals surface area contributed by atoms with Crippen LogP contribution in [0.15, 0.2) is 35.5 Å². The highest BCUT2D eigenvalue weighted by atomic mass is 16.7. The minimum atomic E-state index is -0.916. The van der Waals surface area contributed by atoms with Crippen molar-refractivity contribution in [1.29, 1.82) is 0 Å². The lowest BCUT2D eigenvalue weighted by Crippen LogP contribution is -2.48. The van der Waals surface area contributed by atoms with Crippen molar-refractivity contribution in [2.75, 3.05) is 39.4 Å². The zero-order valence-corrected chi connectivity index (χ0v) is 15.4.